The van der Waals surface area contributed by atoms with E-state index in [4.69, 9.17) is 4.42 Å². The molecule has 1 N–H and O–H groups in total. The number of oxazole rings is 1. The van der Waals surface area contributed by atoms with Crippen LogP contribution in [0.2, 0.25) is 0 Å². The molecule has 1 aliphatic carbocycles. The average molecular weight is 236 g/mol. The molecule has 2 heterocycles. The van der Waals surface area contributed by atoms with Crippen LogP contribution in [0.25, 0.3) is 0 Å². The monoisotopic (exact) mass is 236 g/mol. The lowest BCUT2D eigenvalue weighted by molar-refractivity contribution is 0.0721. The highest BCUT2D eigenvalue weighted by atomic mass is 16.3. The fourth-order valence-corrected chi connectivity index (χ4v) is 3.05. The first kappa shape index (κ1) is 10.8. The van der Waals surface area contributed by atoms with Crippen LogP contribution in [0, 0.1) is 18.8 Å². The summed E-state index contributed by atoms with van der Waals surface area (Å²) in [5.41, 5.74) is 0.632. The van der Waals surface area contributed by atoms with Gasteiger partial charge in [-0.15, -0.1) is 0 Å². The first-order chi connectivity index (χ1) is 8.16. The van der Waals surface area contributed by atoms with E-state index in [0.29, 0.717) is 23.9 Å². The smallest absolute Gasteiger partial charge is 0.291 e. The largest absolute Gasteiger partial charge is 0.438 e. The number of hydrogen-bond acceptors (Lipinski definition) is 4. The van der Waals surface area contributed by atoms with Crippen molar-refractivity contribution in [2.75, 3.05) is 13.1 Å². The van der Waals surface area contributed by atoms with Crippen LogP contribution in [0.5, 0.6) is 0 Å². The third-order valence-electron chi connectivity index (χ3n) is 4.05. The summed E-state index contributed by atoms with van der Waals surface area (Å²) in [5.74, 6) is 0.945. The Hall–Kier alpha value is -1.36. The molecule has 2 fully saturated rings. The van der Waals surface area contributed by atoms with Gasteiger partial charge in [0.25, 0.3) is 5.91 Å². The highest BCUT2D eigenvalue weighted by Crippen LogP contribution is 2.38. The molecule has 5 nitrogen and oxygen atoms in total. The maximum absolute atomic E-state index is 12.2. The molecule has 5 heteroatoms. The third-order valence-corrected chi connectivity index (χ3v) is 4.05. The maximum Gasteiger partial charge on any atom is 0.291 e. The lowest BCUT2D eigenvalue weighted by atomic mass is 10.00. The van der Waals surface area contributed by atoms with Gasteiger partial charge in [0, 0.05) is 19.0 Å². The van der Waals surface area contributed by atoms with E-state index >= 15 is 0 Å². The van der Waals surface area contributed by atoms with Crippen LogP contribution in [-0.2, 0) is 0 Å². The molecule has 1 saturated carbocycles. The van der Waals surface area contributed by atoms with Gasteiger partial charge in [0.1, 0.15) is 0 Å². The zero-order valence-corrected chi connectivity index (χ0v) is 9.80. The molecule has 1 aromatic heterocycles. The Morgan fingerprint density at radius 2 is 2.35 bits per heavy atom. The SMILES string of the molecule is Cc1ncoc1C(=O)N1CC2CCC(O)C2C1. The van der Waals surface area contributed by atoms with Crippen molar-refractivity contribution in [1.29, 1.82) is 0 Å². The van der Waals surface area contributed by atoms with Crippen LogP contribution in [0.4, 0.5) is 0 Å². The van der Waals surface area contributed by atoms with Gasteiger partial charge in [0.05, 0.1) is 11.8 Å². The number of rotatable bonds is 1. The van der Waals surface area contributed by atoms with Gasteiger partial charge >= 0.3 is 0 Å². The summed E-state index contributed by atoms with van der Waals surface area (Å²) < 4.78 is 5.12. The van der Waals surface area contributed by atoms with Gasteiger partial charge in [-0.05, 0) is 25.7 Å². The van der Waals surface area contributed by atoms with Crippen molar-refractivity contribution in [3.05, 3.63) is 17.8 Å². The number of amides is 1. The van der Waals surface area contributed by atoms with Gasteiger partial charge < -0.3 is 14.4 Å². The molecule has 2 aliphatic rings. The van der Waals surface area contributed by atoms with Crippen molar-refractivity contribution < 1.29 is 14.3 Å². The second-order valence-electron chi connectivity index (χ2n) is 5.05. The third kappa shape index (κ3) is 1.65. The van der Waals surface area contributed by atoms with Crippen LogP contribution in [0.3, 0.4) is 0 Å². The Bertz CT molecular complexity index is 443. The number of aryl methyl sites for hydroxylation is 1. The van der Waals surface area contributed by atoms with Crippen LogP contribution in [0.15, 0.2) is 10.8 Å². The van der Waals surface area contributed by atoms with E-state index in [1.54, 1.807) is 11.8 Å². The fraction of sp³-hybridized carbons (Fsp3) is 0.667. The summed E-state index contributed by atoms with van der Waals surface area (Å²) in [5, 5.41) is 9.81. The van der Waals surface area contributed by atoms with Gasteiger partial charge in [-0.3, -0.25) is 4.79 Å². The maximum atomic E-state index is 12.2. The van der Waals surface area contributed by atoms with Gasteiger partial charge in [-0.2, -0.15) is 0 Å². The van der Waals surface area contributed by atoms with Gasteiger partial charge in [0.15, 0.2) is 6.39 Å². The molecule has 0 bridgehead atoms. The number of aliphatic hydroxyl groups excluding tert-OH is 1. The van der Waals surface area contributed by atoms with Crippen molar-refractivity contribution in [3.63, 3.8) is 0 Å². The van der Waals surface area contributed by atoms with Crippen LogP contribution in [-0.4, -0.2) is 40.1 Å². The van der Waals surface area contributed by atoms with Crippen molar-refractivity contribution in [2.24, 2.45) is 11.8 Å². The molecule has 1 saturated heterocycles. The Kier molecular flexibility index (Phi) is 2.43. The fourth-order valence-electron chi connectivity index (χ4n) is 3.05. The zero-order chi connectivity index (χ0) is 12.0. The highest BCUT2D eigenvalue weighted by Gasteiger charge is 2.44. The van der Waals surface area contributed by atoms with Crippen molar-refractivity contribution in [1.82, 2.24) is 9.88 Å². The Labute approximate surface area is 99.4 Å². The first-order valence-electron chi connectivity index (χ1n) is 6.04. The van der Waals surface area contributed by atoms with Crippen molar-refractivity contribution in [2.45, 2.75) is 25.9 Å². The predicted octanol–water partition coefficient (Wildman–Crippen LogP) is 0.826. The number of nitrogens with zero attached hydrogens (tertiary/aromatic N) is 2. The minimum absolute atomic E-state index is 0.0957. The molecular weight excluding hydrogens is 220 g/mol. The predicted molar refractivity (Wildman–Crippen MR) is 59.4 cm³/mol. The first-order valence-corrected chi connectivity index (χ1v) is 6.04. The number of aromatic nitrogens is 1. The molecule has 1 aromatic rings. The van der Waals surface area contributed by atoms with E-state index in [9.17, 15) is 9.90 Å². The van der Waals surface area contributed by atoms with E-state index in [-0.39, 0.29) is 17.9 Å². The summed E-state index contributed by atoms with van der Waals surface area (Å²) in [6, 6.07) is 0. The molecular formula is C12H16N2O3. The quantitative estimate of drug-likeness (QED) is 0.784. The summed E-state index contributed by atoms with van der Waals surface area (Å²) in [4.78, 5) is 17.9. The van der Waals surface area contributed by atoms with Gasteiger partial charge in [0.2, 0.25) is 5.76 Å². The van der Waals surface area contributed by atoms with E-state index < -0.39 is 0 Å². The molecule has 3 atom stereocenters. The van der Waals surface area contributed by atoms with Crippen LogP contribution >= 0.6 is 0 Å². The number of aliphatic hydroxyl groups is 1. The second-order valence-corrected chi connectivity index (χ2v) is 5.05. The number of likely N-dealkylation sites (tertiary alicyclic amines) is 1. The van der Waals surface area contributed by atoms with Crippen LogP contribution < -0.4 is 0 Å². The summed E-state index contributed by atoms with van der Waals surface area (Å²) in [6.07, 6.45) is 2.95. The Balaban J connectivity index is 1.75. The number of carbonyl (C=O) groups excluding carboxylic acids is 1. The van der Waals surface area contributed by atoms with Gasteiger partial charge in [-0.25, -0.2) is 4.98 Å². The summed E-state index contributed by atoms with van der Waals surface area (Å²) in [7, 11) is 0. The lowest BCUT2D eigenvalue weighted by Crippen LogP contribution is -2.31. The number of hydrogen-bond donors (Lipinski definition) is 1. The van der Waals surface area contributed by atoms with Crippen LogP contribution in [0.1, 0.15) is 29.1 Å². The standard InChI is InChI=1S/C12H16N2O3/c1-7-11(17-6-13-7)12(16)14-4-8-2-3-10(15)9(8)5-14/h6,8-10,15H,2-5H2,1H3. The summed E-state index contributed by atoms with van der Waals surface area (Å²) in [6.45, 7) is 3.15. The highest BCUT2D eigenvalue weighted by molar-refractivity contribution is 5.92. The van der Waals surface area contributed by atoms with E-state index in [0.717, 1.165) is 19.4 Å². The van der Waals surface area contributed by atoms with E-state index in [2.05, 4.69) is 4.98 Å². The minimum atomic E-state index is -0.242. The topological polar surface area (TPSA) is 66.6 Å². The van der Waals surface area contributed by atoms with Gasteiger partial charge in [-0.1, -0.05) is 0 Å². The molecule has 1 aliphatic heterocycles. The molecule has 0 spiro atoms. The number of fused-ring (bicyclic) bond motifs is 1. The lowest BCUT2D eigenvalue weighted by Gasteiger charge is -2.17. The van der Waals surface area contributed by atoms with E-state index in [1.165, 1.54) is 6.39 Å². The normalized spacial score (nSPS) is 31.9. The van der Waals surface area contributed by atoms with Crippen molar-refractivity contribution in [3.8, 4) is 0 Å². The molecule has 3 unspecified atom stereocenters. The minimum Gasteiger partial charge on any atom is -0.438 e. The molecule has 17 heavy (non-hydrogen) atoms. The molecule has 0 aromatic carbocycles. The molecule has 92 valence electrons. The molecule has 3 rings (SSSR count). The summed E-state index contributed by atoms with van der Waals surface area (Å²) >= 11 is 0. The molecule has 0 radical (unpaired) electrons. The average Bonchev–Trinajstić information content (AvgIpc) is 2.96. The Morgan fingerprint density at radius 3 is 3.00 bits per heavy atom. The van der Waals surface area contributed by atoms with Crippen molar-refractivity contribution >= 4 is 5.91 Å². The van der Waals surface area contributed by atoms with E-state index in [1.807, 2.05) is 0 Å². The molecule has 1 amide bonds. The number of carbonyl (C=O) groups is 1. The second kappa shape index (κ2) is 3.84. The zero-order valence-electron chi connectivity index (χ0n) is 9.80. The Morgan fingerprint density at radius 1 is 1.53 bits per heavy atom.